The Balaban J connectivity index is 1.54. The number of Topliss-reactive ketones (excluding diaryl/α,β-unsaturated/α-hetero) is 1. The highest BCUT2D eigenvalue weighted by molar-refractivity contribution is 6.37. The lowest BCUT2D eigenvalue weighted by Crippen LogP contribution is -2.61. The van der Waals surface area contributed by atoms with Crippen LogP contribution in [0.3, 0.4) is 0 Å². The van der Waals surface area contributed by atoms with Crippen molar-refractivity contribution in [1.82, 2.24) is 30.7 Å². The lowest BCUT2D eigenvalue weighted by atomic mass is 9.61. The van der Waals surface area contributed by atoms with Crippen molar-refractivity contribution in [3.8, 4) is 0 Å². The summed E-state index contributed by atoms with van der Waals surface area (Å²) in [4.78, 5) is 73.7. The van der Waals surface area contributed by atoms with Gasteiger partial charge in [-0.1, -0.05) is 74.1 Å². The third kappa shape index (κ3) is 9.57. The molecule has 5 N–H and O–H groups in total. The second-order valence-corrected chi connectivity index (χ2v) is 18.1. The minimum atomic E-state index is -1.07. The van der Waals surface area contributed by atoms with Crippen LogP contribution >= 0.6 is 0 Å². The topological polar surface area (TPSA) is 157 Å². The van der Waals surface area contributed by atoms with Gasteiger partial charge in [0.2, 0.25) is 17.6 Å². The maximum atomic E-state index is 14.7. The van der Waals surface area contributed by atoms with Gasteiger partial charge in [-0.05, 0) is 74.2 Å². The molecule has 0 aromatic carbocycles. The maximum absolute atomic E-state index is 14.7. The fourth-order valence-electron chi connectivity index (χ4n) is 8.23. The Labute approximate surface area is 300 Å². The van der Waals surface area contributed by atoms with E-state index >= 15 is 0 Å². The molecule has 12 heteroatoms. The number of primary amides is 1. The molecule has 0 bridgehead atoms. The maximum Gasteiger partial charge on any atom is 0.315 e. The number of likely N-dealkylation sites (tertiary alicyclic amines) is 1. The Kier molecular flexibility index (Phi) is 13.1. The third-order valence-corrected chi connectivity index (χ3v) is 12.8. The normalized spacial score (nSPS) is 26.0. The second kappa shape index (κ2) is 16.3. The molecule has 4 rings (SSSR count). The van der Waals surface area contributed by atoms with E-state index in [4.69, 9.17) is 5.73 Å². The van der Waals surface area contributed by atoms with E-state index in [2.05, 4.69) is 67.4 Å². The number of hydrogen-bond donors (Lipinski definition) is 4. The van der Waals surface area contributed by atoms with Gasteiger partial charge in [0.15, 0.2) is 0 Å². The van der Waals surface area contributed by atoms with Crippen molar-refractivity contribution in [3.05, 3.63) is 0 Å². The van der Waals surface area contributed by atoms with Crippen LogP contribution < -0.4 is 21.7 Å². The lowest BCUT2D eigenvalue weighted by molar-refractivity contribution is -0.143. The Hall–Kier alpha value is -2.73. The highest BCUT2D eigenvalue weighted by atomic mass is 16.2. The number of likely N-dealkylation sites (N-methyl/N-ethyl adjacent to an activating group) is 1. The van der Waals surface area contributed by atoms with Crippen LogP contribution in [0.4, 0.5) is 4.79 Å². The van der Waals surface area contributed by atoms with Gasteiger partial charge in [-0.3, -0.25) is 24.1 Å². The van der Waals surface area contributed by atoms with Crippen molar-refractivity contribution in [2.45, 2.75) is 137 Å². The SMILES string of the molecule is CC(C)[C@@H](CN1CCN(C)[C@@H](C)C1)NC(=O)N[C@@H](C(=O)N1CC(C(C)(C)C2CCC2)CC1C(=O)NC(CC1CCC1)C(=O)C(N)=O)C(C)(C)C. The lowest BCUT2D eigenvalue weighted by Gasteiger charge is -2.44. The number of carbonyl (C=O) groups excluding carboxylic acids is 5. The van der Waals surface area contributed by atoms with Crippen LogP contribution in [0.25, 0.3) is 0 Å². The summed E-state index contributed by atoms with van der Waals surface area (Å²) in [5, 5.41) is 9.07. The Morgan fingerprint density at radius 3 is 2.00 bits per heavy atom. The first-order valence-corrected chi connectivity index (χ1v) is 19.2. The predicted octanol–water partition coefficient (Wildman–Crippen LogP) is 3.13. The smallest absolute Gasteiger partial charge is 0.315 e. The van der Waals surface area contributed by atoms with Crippen molar-refractivity contribution >= 4 is 29.5 Å². The zero-order valence-corrected chi connectivity index (χ0v) is 32.3. The molecular formula is C38H67N7O5. The summed E-state index contributed by atoms with van der Waals surface area (Å²) in [5.74, 6) is -1.64. The molecule has 0 aromatic rings. The number of nitrogens with two attached hydrogens (primary N) is 1. The highest BCUT2D eigenvalue weighted by Crippen LogP contribution is 2.50. The molecule has 284 valence electrons. The fourth-order valence-corrected chi connectivity index (χ4v) is 8.23. The van der Waals surface area contributed by atoms with Gasteiger partial charge in [-0.2, -0.15) is 0 Å². The largest absolute Gasteiger partial charge is 0.363 e. The Morgan fingerprint density at radius 2 is 1.50 bits per heavy atom. The molecule has 2 saturated carbocycles. The van der Waals surface area contributed by atoms with Crippen molar-refractivity contribution in [2.75, 3.05) is 39.8 Å². The van der Waals surface area contributed by atoms with Crippen molar-refractivity contribution in [3.63, 3.8) is 0 Å². The summed E-state index contributed by atoms with van der Waals surface area (Å²) in [6.07, 6.45) is 7.19. The predicted molar refractivity (Wildman–Crippen MR) is 195 cm³/mol. The number of ketones is 1. The van der Waals surface area contributed by atoms with Crippen LogP contribution in [0.1, 0.15) is 107 Å². The van der Waals surface area contributed by atoms with Crippen LogP contribution in [0.5, 0.6) is 0 Å². The molecule has 12 nitrogen and oxygen atoms in total. The molecule has 6 atom stereocenters. The van der Waals surface area contributed by atoms with E-state index in [9.17, 15) is 24.0 Å². The van der Waals surface area contributed by atoms with Crippen molar-refractivity contribution in [1.29, 1.82) is 0 Å². The molecule has 3 unspecified atom stereocenters. The van der Waals surface area contributed by atoms with Crippen molar-refractivity contribution < 1.29 is 24.0 Å². The molecule has 0 radical (unpaired) electrons. The first kappa shape index (κ1) is 40.0. The summed E-state index contributed by atoms with van der Waals surface area (Å²) < 4.78 is 0. The van der Waals surface area contributed by atoms with Gasteiger partial charge in [0.1, 0.15) is 12.1 Å². The number of rotatable bonds is 14. The quantitative estimate of drug-likeness (QED) is 0.203. The standard InChI is InChI=1S/C38H67N7O5/c1-23(2)29(22-44-17-16-43(9)24(3)20-44)41-36(50)42-32(37(4,5)6)35(49)45-21-27(38(7,8)26-14-11-15-26)19-30(45)34(48)40-28(31(46)33(39)47)18-25-12-10-13-25/h23-30,32H,10-22H2,1-9H3,(H2,39,47)(H,40,48)(H2,41,42,50)/t24-,27?,28?,29+,30?,32-/m0/s1. The number of piperazine rings is 1. The van der Waals surface area contributed by atoms with Gasteiger partial charge < -0.3 is 31.5 Å². The summed E-state index contributed by atoms with van der Waals surface area (Å²) in [6.45, 7) is 20.6. The first-order chi connectivity index (χ1) is 23.3. The minimum Gasteiger partial charge on any atom is -0.363 e. The van der Waals surface area contributed by atoms with Gasteiger partial charge in [-0.25, -0.2) is 4.79 Å². The zero-order valence-electron chi connectivity index (χ0n) is 32.3. The molecule has 0 aromatic heterocycles. The first-order valence-electron chi connectivity index (χ1n) is 19.2. The average molecular weight is 702 g/mol. The van der Waals surface area contributed by atoms with Crippen LogP contribution in [-0.4, -0.2) is 114 Å². The number of amides is 5. The molecule has 2 aliphatic carbocycles. The van der Waals surface area contributed by atoms with E-state index in [1.165, 1.54) is 6.42 Å². The summed E-state index contributed by atoms with van der Waals surface area (Å²) in [5.41, 5.74) is 4.64. The van der Waals surface area contributed by atoms with E-state index in [0.717, 1.165) is 58.3 Å². The molecule has 2 saturated heterocycles. The van der Waals surface area contributed by atoms with Gasteiger partial charge in [0.25, 0.3) is 5.91 Å². The molecule has 4 fully saturated rings. The second-order valence-electron chi connectivity index (χ2n) is 18.1. The van der Waals surface area contributed by atoms with Gasteiger partial charge in [0.05, 0.1) is 6.04 Å². The van der Waals surface area contributed by atoms with E-state index in [-0.39, 0.29) is 35.1 Å². The Bertz CT molecular complexity index is 1240. The van der Waals surface area contributed by atoms with Crippen LogP contribution in [0.2, 0.25) is 0 Å². The summed E-state index contributed by atoms with van der Waals surface area (Å²) in [6, 6.07) is -2.85. The van der Waals surface area contributed by atoms with Gasteiger partial charge in [-0.15, -0.1) is 0 Å². The molecule has 4 aliphatic rings. The zero-order chi connectivity index (χ0) is 37.1. The highest BCUT2D eigenvalue weighted by Gasteiger charge is 2.51. The number of hydrogen-bond acceptors (Lipinski definition) is 7. The average Bonchev–Trinajstić information content (AvgIpc) is 3.43. The van der Waals surface area contributed by atoms with E-state index in [0.29, 0.717) is 31.3 Å². The molecular weight excluding hydrogens is 634 g/mol. The van der Waals surface area contributed by atoms with E-state index in [1.54, 1.807) is 4.90 Å². The van der Waals surface area contributed by atoms with Crippen LogP contribution in [-0.2, 0) is 19.2 Å². The molecule has 5 amide bonds. The molecule has 2 heterocycles. The van der Waals surface area contributed by atoms with Gasteiger partial charge >= 0.3 is 6.03 Å². The summed E-state index contributed by atoms with van der Waals surface area (Å²) in [7, 11) is 2.14. The number of carbonyl (C=O) groups is 5. The fraction of sp³-hybridized carbons (Fsp3) is 0.868. The third-order valence-electron chi connectivity index (χ3n) is 12.8. The Morgan fingerprint density at radius 1 is 0.860 bits per heavy atom. The van der Waals surface area contributed by atoms with Gasteiger partial charge in [0, 0.05) is 44.8 Å². The molecule has 2 aliphatic heterocycles. The molecule has 0 spiro atoms. The van der Waals surface area contributed by atoms with Crippen molar-refractivity contribution in [2.24, 2.45) is 40.2 Å². The summed E-state index contributed by atoms with van der Waals surface area (Å²) >= 11 is 0. The van der Waals surface area contributed by atoms with Crippen LogP contribution in [0.15, 0.2) is 0 Å². The van der Waals surface area contributed by atoms with Crippen LogP contribution in [0, 0.1) is 34.5 Å². The molecule has 50 heavy (non-hydrogen) atoms. The van der Waals surface area contributed by atoms with E-state index < -0.39 is 47.2 Å². The number of urea groups is 1. The monoisotopic (exact) mass is 702 g/mol. The van der Waals surface area contributed by atoms with E-state index in [1.807, 2.05) is 20.8 Å². The number of nitrogens with one attached hydrogen (secondary N) is 3. The minimum absolute atomic E-state index is 0.0511. The number of nitrogens with zero attached hydrogens (tertiary/aromatic N) is 3.